The van der Waals surface area contributed by atoms with Gasteiger partial charge >= 0.3 is 0 Å². The number of rotatable bonds is 5. The number of terminal acetylenes is 1. The van der Waals surface area contributed by atoms with Crippen LogP contribution in [0.15, 0.2) is 146 Å². The Morgan fingerprint density at radius 1 is 0.349 bits per heavy atom. The fraction of sp³-hybridized carbons (Fsp3) is 0.267. The van der Waals surface area contributed by atoms with Crippen molar-refractivity contribution >= 4 is 60.7 Å². The fourth-order valence-electron chi connectivity index (χ4n) is 9.12. The van der Waals surface area contributed by atoms with Gasteiger partial charge in [-0.1, -0.05) is 113 Å². The number of nitrogens with zero attached hydrogens (tertiary/aromatic N) is 3. The maximum Gasteiger partial charge on any atom is 0.0541 e. The average Bonchev–Trinajstić information content (AvgIpc) is 3.75. The monoisotopic (exact) mass is 823 g/mol. The average molecular weight is 824 g/mol. The molecule has 0 aliphatic carbocycles. The number of aromatic nitrogens is 2. The molecule has 3 nitrogen and oxygen atoms in total. The van der Waals surface area contributed by atoms with Gasteiger partial charge in [-0.25, -0.2) is 0 Å². The highest BCUT2D eigenvalue weighted by atomic mass is 15.1. The van der Waals surface area contributed by atoms with Crippen LogP contribution in [0.1, 0.15) is 111 Å². The van der Waals surface area contributed by atoms with Crippen LogP contribution in [0.5, 0.6) is 0 Å². The van der Waals surface area contributed by atoms with E-state index in [0.29, 0.717) is 0 Å². The van der Waals surface area contributed by atoms with Gasteiger partial charge in [-0.05, 0) is 165 Å². The first-order chi connectivity index (χ1) is 29.7. The van der Waals surface area contributed by atoms with E-state index in [4.69, 9.17) is 6.42 Å². The van der Waals surface area contributed by atoms with Crippen LogP contribution in [0.4, 0.5) is 17.1 Å². The third-order valence-corrected chi connectivity index (χ3v) is 13.0. The Bertz CT molecular complexity index is 2890. The van der Waals surface area contributed by atoms with Crippen molar-refractivity contribution < 1.29 is 0 Å². The van der Waals surface area contributed by atoms with E-state index in [9.17, 15) is 0 Å². The molecule has 2 heterocycles. The minimum Gasteiger partial charge on any atom is -0.311 e. The minimum absolute atomic E-state index is 0.0434. The highest BCUT2D eigenvalue weighted by Crippen LogP contribution is 2.42. The summed E-state index contributed by atoms with van der Waals surface area (Å²) in [5, 5.41) is 5.15. The van der Waals surface area contributed by atoms with Crippen molar-refractivity contribution in [1.82, 2.24) is 9.13 Å². The van der Waals surface area contributed by atoms with Crippen LogP contribution in [-0.2, 0) is 21.7 Å². The molecule has 0 atom stereocenters. The van der Waals surface area contributed by atoms with Crippen LogP contribution in [0.3, 0.4) is 0 Å². The van der Waals surface area contributed by atoms with Crippen molar-refractivity contribution in [2.75, 3.05) is 4.90 Å². The van der Waals surface area contributed by atoms with E-state index in [1.54, 1.807) is 0 Å². The van der Waals surface area contributed by atoms with E-state index in [1.165, 1.54) is 65.9 Å². The third-order valence-electron chi connectivity index (χ3n) is 13.0. The first-order valence-electron chi connectivity index (χ1n) is 22.5. The van der Waals surface area contributed by atoms with Gasteiger partial charge in [-0.15, -0.1) is 6.42 Å². The summed E-state index contributed by atoms with van der Waals surface area (Å²) in [6, 6.07) is 54.4. The molecule has 0 aliphatic heterocycles. The normalized spacial score (nSPS) is 12.7. The van der Waals surface area contributed by atoms with Crippen LogP contribution < -0.4 is 4.90 Å². The molecule has 0 radical (unpaired) electrons. The zero-order chi connectivity index (χ0) is 44.8. The molecule has 0 N–H and O–H groups in total. The van der Waals surface area contributed by atoms with Gasteiger partial charge < -0.3 is 14.0 Å². The van der Waals surface area contributed by atoms with E-state index in [0.717, 1.165) is 34.0 Å². The predicted molar refractivity (Wildman–Crippen MR) is 273 cm³/mol. The van der Waals surface area contributed by atoms with Crippen molar-refractivity contribution in [2.45, 2.75) is 105 Å². The van der Waals surface area contributed by atoms with Gasteiger partial charge in [0, 0.05) is 55.5 Å². The topological polar surface area (TPSA) is 13.1 Å². The quantitative estimate of drug-likeness (QED) is 0.158. The number of hydrogen-bond acceptors (Lipinski definition) is 1. The zero-order valence-corrected chi connectivity index (χ0v) is 39.3. The van der Waals surface area contributed by atoms with Crippen LogP contribution in [0.2, 0.25) is 0 Å². The largest absolute Gasteiger partial charge is 0.311 e. The lowest BCUT2D eigenvalue weighted by Crippen LogP contribution is -2.11. The Balaban J connectivity index is 1.16. The van der Waals surface area contributed by atoms with Crippen molar-refractivity contribution in [2.24, 2.45) is 0 Å². The van der Waals surface area contributed by atoms with Gasteiger partial charge in [0.2, 0.25) is 0 Å². The Labute approximate surface area is 375 Å². The molecule has 2 aromatic heterocycles. The van der Waals surface area contributed by atoms with Gasteiger partial charge in [-0.3, -0.25) is 0 Å². The van der Waals surface area contributed by atoms with Crippen LogP contribution in [0.25, 0.3) is 55.0 Å². The molecule has 0 spiro atoms. The van der Waals surface area contributed by atoms with Gasteiger partial charge in [0.05, 0.1) is 22.1 Å². The lowest BCUT2D eigenvalue weighted by molar-refractivity contribution is 0.590. The predicted octanol–water partition coefficient (Wildman–Crippen LogP) is 16.5. The van der Waals surface area contributed by atoms with Gasteiger partial charge in [0.1, 0.15) is 0 Å². The van der Waals surface area contributed by atoms with Gasteiger partial charge in [0.15, 0.2) is 0 Å². The van der Waals surface area contributed by atoms with Crippen LogP contribution in [-0.4, -0.2) is 9.13 Å². The fourth-order valence-corrected chi connectivity index (χ4v) is 9.12. The molecule has 3 heteroatoms. The lowest BCUT2D eigenvalue weighted by atomic mass is 9.85. The highest BCUT2D eigenvalue weighted by molar-refractivity contribution is 6.11. The SMILES string of the molecule is C#Cc1ccc(N(c2ccc(-n3c4ccc(C(C)(C)C)cc4c4cc(C(C)(C)C)ccc43)cc2)c2ccc(-n3c4ccc(C(C)(C)C)cc4c4cc(C(C)(C)C)ccc43)cc2)cc1. The Kier molecular flexibility index (Phi) is 9.83. The van der Waals surface area contributed by atoms with Crippen molar-refractivity contribution in [3.05, 3.63) is 173 Å². The molecular weight excluding hydrogens is 763 g/mol. The number of benzene rings is 7. The van der Waals surface area contributed by atoms with Crippen molar-refractivity contribution in [3.8, 4) is 23.7 Å². The van der Waals surface area contributed by atoms with E-state index in [-0.39, 0.29) is 21.7 Å². The van der Waals surface area contributed by atoms with Crippen LogP contribution in [0, 0.1) is 12.3 Å². The van der Waals surface area contributed by atoms with Gasteiger partial charge in [-0.2, -0.15) is 0 Å². The van der Waals surface area contributed by atoms with E-state index < -0.39 is 0 Å². The summed E-state index contributed by atoms with van der Waals surface area (Å²) in [4.78, 5) is 2.32. The molecule has 0 saturated carbocycles. The van der Waals surface area contributed by atoms with E-state index in [1.807, 2.05) is 12.1 Å². The van der Waals surface area contributed by atoms with Crippen molar-refractivity contribution in [3.63, 3.8) is 0 Å². The number of anilines is 3. The summed E-state index contributed by atoms with van der Waals surface area (Å²) in [6.07, 6.45) is 5.83. The summed E-state index contributed by atoms with van der Waals surface area (Å²) < 4.78 is 4.85. The standard InChI is InChI=1S/C60H61N3/c1-14-39-15-21-44(22-16-39)61(45-23-27-47(28-24-45)62-53-31-17-40(57(2,3)4)35-49(53)50-36-41(58(5,6)7)18-32-54(50)62)46-25-29-48(30-26-46)63-55-33-19-42(59(8,9)10)37-51(55)52-38-43(60(11,12)13)20-34-56(52)63/h1,15-38H,2-13H3. The molecule has 0 unspecified atom stereocenters. The second-order valence-electron chi connectivity index (χ2n) is 21.7. The second kappa shape index (κ2) is 14.8. The van der Waals surface area contributed by atoms with E-state index >= 15 is 0 Å². The summed E-state index contributed by atoms with van der Waals surface area (Å²) in [6.45, 7) is 27.5. The lowest BCUT2D eigenvalue weighted by Gasteiger charge is -2.26. The molecule has 7 aromatic carbocycles. The number of hydrogen-bond donors (Lipinski definition) is 0. The Morgan fingerprint density at radius 2 is 0.603 bits per heavy atom. The molecule has 316 valence electrons. The molecule has 9 aromatic rings. The second-order valence-corrected chi connectivity index (χ2v) is 21.7. The highest BCUT2D eigenvalue weighted by Gasteiger charge is 2.24. The summed E-state index contributed by atoms with van der Waals surface area (Å²) in [5.74, 6) is 2.80. The Morgan fingerprint density at radius 3 is 0.841 bits per heavy atom. The molecular formula is C60H61N3. The van der Waals surface area contributed by atoms with Crippen LogP contribution >= 0.6 is 0 Å². The van der Waals surface area contributed by atoms with E-state index in [2.05, 4.69) is 236 Å². The summed E-state index contributed by atoms with van der Waals surface area (Å²) >= 11 is 0. The first-order valence-corrected chi connectivity index (χ1v) is 22.5. The molecule has 0 saturated heterocycles. The maximum atomic E-state index is 5.83. The number of fused-ring (bicyclic) bond motifs is 6. The molecule has 9 rings (SSSR count). The summed E-state index contributed by atoms with van der Waals surface area (Å²) in [7, 11) is 0. The smallest absolute Gasteiger partial charge is 0.0541 e. The minimum atomic E-state index is 0.0434. The third kappa shape index (κ3) is 7.50. The summed E-state index contributed by atoms with van der Waals surface area (Å²) in [5.41, 5.74) is 16.6. The molecule has 63 heavy (non-hydrogen) atoms. The molecule has 0 fully saturated rings. The molecule has 0 amide bonds. The Hall–Kier alpha value is -6.50. The molecule has 0 bridgehead atoms. The zero-order valence-electron chi connectivity index (χ0n) is 39.3. The first kappa shape index (κ1) is 41.8. The maximum absolute atomic E-state index is 5.83. The van der Waals surface area contributed by atoms with Crippen molar-refractivity contribution in [1.29, 1.82) is 0 Å². The van der Waals surface area contributed by atoms with Gasteiger partial charge in [0.25, 0.3) is 0 Å². The molecule has 0 aliphatic rings.